The molecule has 0 N–H and O–H groups in total. The van der Waals surface area contributed by atoms with Crippen LogP contribution >= 0.6 is 23.2 Å². The van der Waals surface area contributed by atoms with Gasteiger partial charge in [0.05, 0.1) is 10.0 Å². The van der Waals surface area contributed by atoms with E-state index in [4.69, 9.17) is 27.9 Å². The molecule has 0 unspecified atom stereocenters. The van der Waals surface area contributed by atoms with E-state index in [2.05, 4.69) is 0 Å². The number of hydrogen-bond donors (Lipinski definition) is 0. The predicted molar refractivity (Wildman–Crippen MR) is 107 cm³/mol. The molecule has 0 heterocycles. The zero-order valence-electron chi connectivity index (χ0n) is 13.9. The van der Waals surface area contributed by atoms with E-state index in [0.717, 1.165) is 28.0 Å². The molecule has 0 amide bonds. The monoisotopic (exact) mass is 368 g/mol. The van der Waals surface area contributed by atoms with Crippen molar-refractivity contribution < 1.29 is 4.74 Å². The maximum atomic E-state index is 6.42. The average molecular weight is 369 g/mol. The van der Waals surface area contributed by atoms with E-state index in [9.17, 15) is 0 Å². The Morgan fingerprint density at radius 1 is 0.840 bits per heavy atom. The Bertz CT molecular complexity index is 866. The Balaban J connectivity index is 2.08. The van der Waals surface area contributed by atoms with Crippen molar-refractivity contribution in [3.8, 4) is 16.9 Å². The minimum atomic E-state index is 0.477. The van der Waals surface area contributed by atoms with Crippen LogP contribution in [0.25, 0.3) is 17.2 Å². The van der Waals surface area contributed by atoms with E-state index in [1.54, 1.807) is 0 Å². The lowest BCUT2D eigenvalue weighted by atomic mass is 10.0. The molecule has 3 aromatic carbocycles. The summed E-state index contributed by atoms with van der Waals surface area (Å²) in [5.74, 6) is 0.777. The number of rotatable bonds is 5. The van der Waals surface area contributed by atoms with Gasteiger partial charge in [-0.15, -0.1) is 0 Å². The highest BCUT2D eigenvalue weighted by Gasteiger charge is 2.16. The summed E-state index contributed by atoms with van der Waals surface area (Å²) in [5, 5.41) is 1.21. The smallest absolute Gasteiger partial charge is 0.134 e. The molecule has 0 bridgehead atoms. The topological polar surface area (TPSA) is 9.23 Å². The first-order valence-electron chi connectivity index (χ1n) is 8.07. The molecular formula is C22H18Cl2O. The van der Waals surface area contributed by atoms with Gasteiger partial charge >= 0.3 is 0 Å². The lowest BCUT2D eigenvalue weighted by molar-refractivity contribution is 0.307. The number of allylic oxidation sites excluding steroid dienone is 1. The van der Waals surface area contributed by atoms with Crippen LogP contribution < -0.4 is 4.74 Å². The molecule has 1 nitrogen and oxygen atoms in total. The van der Waals surface area contributed by atoms with Crippen LogP contribution in [0, 0.1) is 0 Å². The largest absolute Gasteiger partial charge is 0.488 e. The van der Waals surface area contributed by atoms with Gasteiger partial charge in [-0.05, 0) is 24.6 Å². The van der Waals surface area contributed by atoms with Crippen molar-refractivity contribution in [1.82, 2.24) is 0 Å². The van der Waals surface area contributed by atoms with Gasteiger partial charge in [-0.2, -0.15) is 0 Å². The van der Waals surface area contributed by atoms with Gasteiger partial charge in [0, 0.05) is 16.7 Å². The molecule has 0 aliphatic heterocycles. The summed E-state index contributed by atoms with van der Waals surface area (Å²) in [7, 11) is 0. The molecule has 0 fully saturated rings. The van der Waals surface area contributed by atoms with E-state index in [1.807, 2.05) is 85.8 Å². The molecule has 0 aromatic heterocycles. The molecule has 0 atom stereocenters. The van der Waals surface area contributed by atoms with E-state index < -0.39 is 0 Å². The van der Waals surface area contributed by atoms with E-state index in [1.165, 1.54) is 0 Å². The van der Waals surface area contributed by atoms with Crippen LogP contribution in [0.5, 0.6) is 5.75 Å². The molecule has 0 spiro atoms. The Labute approximate surface area is 158 Å². The minimum absolute atomic E-state index is 0.477. The zero-order valence-corrected chi connectivity index (χ0v) is 15.4. The highest BCUT2D eigenvalue weighted by Crippen LogP contribution is 2.41. The SMILES string of the molecule is C/C=C\c1cccc(-c2c(Cl)cccc2Cl)c1OCc1ccccc1. The number of halogens is 2. The van der Waals surface area contributed by atoms with Gasteiger partial charge in [-0.25, -0.2) is 0 Å². The number of para-hydroxylation sites is 1. The van der Waals surface area contributed by atoms with E-state index in [0.29, 0.717) is 16.7 Å². The minimum Gasteiger partial charge on any atom is -0.488 e. The third-order valence-electron chi connectivity index (χ3n) is 3.85. The number of benzene rings is 3. The van der Waals surface area contributed by atoms with Crippen LogP contribution in [0.3, 0.4) is 0 Å². The molecule has 3 aromatic rings. The summed E-state index contributed by atoms with van der Waals surface area (Å²) in [6.07, 6.45) is 4.01. The van der Waals surface area contributed by atoms with Crippen molar-refractivity contribution in [1.29, 1.82) is 0 Å². The first-order valence-corrected chi connectivity index (χ1v) is 8.83. The highest BCUT2D eigenvalue weighted by molar-refractivity contribution is 6.39. The van der Waals surface area contributed by atoms with Crippen molar-refractivity contribution in [2.45, 2.75) is 13.5 Å². The van der Waals surface area contributed by atoms with Crippen molar-refractivity contribution in [2.75, 3.05) is 0 Å². The molecule has 0 radical (unpaired) electrons. The first kappa shape index (κ1) is 17.6. The van der Waals surface area contributed by atoms with Crippen LogP contribution in [0.2, 0.25) is 10.0 Å². The lowest BCUT2D eigenvalue weighted by Crippen LogP contribution is -1.99. The third-order valence-corrected chi connectivity index (χ3v) is 4.48. The lowest BCUT2D eigenvalue weighted by Gasteiger charge is -2.16. The molecule has 0 saturated carbocycles. The van der Waals surface area contributed by atoms with E-state index in [-0.39, 0.29) is 0 Å². The fourth-order valence-electron chi connectivity index (χ4n) is 2.71. The van der Waals surface area contributed by atoms with Crippen molar-refractivity contribution in [2.24, 2.45) is 0 Å². The van der Waals surface area contributed by atoms with Crippen molar-refractivity contribution >= 4 is 29.3 Å². The van der Waals surface area contributed by atoms with Crippen molar-refractivity contribution in [3.05, 3.63) is 94.0 Å². The third kappa shape index (κ3) is 4.07. The van der Waals surface area contributed by atoms with Crippen LogP contribution in [0.15, 0.2) is 72.8 Å². The van der Waals surface area contributed by atoms with Crippen LogP contribution in [0.4, 0.5) is 0 Å². The van der Waals surface area contributed by atoms with Crippen LogP contribution in [0.1, 0.15) is 18.1 Å². The molecular weight excluding hydrogens is 351 g/mol. The van der Waals surface area contributed by atoms with Gasteiger partial charge in [0.15, 0.2) is 0 Å². The van der Waals surface area contributed by atoms with E-state index >= 15 is 0 Å². The van der Waals surface area contributed by atoms with Gasteiger partial charge < -0.3 is 4.74 Å². The summed E-state index contributed by atoms with van der Waals surface area (Å²) < 4.78 is 6.20. The van der Waals surface area contributed by atoms with Crippen LogP contribution in [-0.2, 0) is 6.61 Å². The van der Waals surface area contributed by atoms with Crippen LogP contribution in [-0.4, -0.2) is 0 Å². The normalized spacial score (nSPS) is 11.0. The molecule has 25 heavy (non-hydrogen) atoms. The first-order chi connectivity index (χ1) is 12.2. The predicted octanol–water partition coefficient (Wildman–Crippen LogP) is 7.27. The second kappa shape index (κ2) is 8.24. The summed E-state index contributed by atoms with van der Waals surface area (Å²) in [5.41, 5.74) is 3.78. The average Bonchev–Trinajstić information content (AvgIpc) is 2.62. The molecule has 126 valence electrons. The molecule has 0 aliphatic carbocycles. The van der Waals surface area contributed by atoms with Crippen molar-refractivity contribution in [3.63, 3.8) is 0 Å². The Morgan fingerprint density at radius 2 is 1.52 bits per heavy atom. The molecule has 0 saturated heterocycles. The maximum absolute atomic E-state index is 6.42. The quantitative estimate of drug-likeness (QED) is 0.459. The maximum Gasteiger partial charge on any atom is 0.134 e. The van der Waals surface area contributed by atoms with Gasteiger partial charge in [0.25, 0.3) is 0 Å². The van der Waals surface area contributed by atoms with Gasteiger partial charge in [-0.1, -0.05) is 90.0 Å². The second-order valence-corrected chi connectivity index (χ2v) is 6.41. The second-order valence-electron chi connectivity index (χ2n) is 5.59. The highest BCUT2D eigenvalue weighted by atomic mass is 35.5. The Hall–Kier alpha value is -2.22. The number of ether oxygens (including phenoxy) is 1. The molecule has 0 aliphatic rings. The Kier molecular flexibility index (Phi) is 5.80. The zero-order chi connectivity index (χ0) is 17.6. The Morgan fingerprint density at radius 3 is 2.20 bits per heavy atom. The molecule has 3 heteroatoms. The van der Waals surface area contributed by atoms with Gasteiger partial charge in [0.2, 0.25) is 0 Å². The number of hydrogen-bond acceptors (Lipinski definition) is 1. The standard InChI is InChI=1S/C22H18Cl2O/c1-2-8-17-11-6-12-18(21-19(23)13-7-14-20(21)24)22(17)25-15-16-9-4-3-5-10-16/h2-14H,15H2,1H3/b8-2-. The summed E-state index contributed by atoms with van der Waals surface area (Å²) >= 11 is 12.8. The molecule has 3 rings (SSSR count). The summed E-state index contributed by atoms with van der Waals surface area (Å²) in [6, 6.07) is 21.6. The summed E-state index contributed by atoms with van der Waals surface area (Å²) in [4.78, 5) is 0. The fourth-order valence-corrected chi connectivity index (χ4v) is 3.31. The van der Waals surface area contributed by atoms with Gasteiger partial charge in [-0.3, -0.25) is 0 Å². The summed E-state index contributed by atoms with van der Waals surface area (Å²) in [6.45, 7) is 2.46. The van der Waals surface area contributed by atoms with Gasteiger partial charge in [0.1, 0.15) is 12.4 Å². The fraction of sp³-hybridized carbons (Fsp3) is 0.0909.